The highest BCUT2D eigenvalue weighted by atomic mass is 32.1. The summed E-state index contributed by atoms with van der Waals surface area (Å²) in [5.74, 6) is 1.59. The third-order valence-corrected chi connectivity index (χ3v) is 20.4. The number of aliphatic hydroxyl groups is 2. The lowest BCUT2D eigenvalue weighted by molar-refractivity contribution is 0.281. The molecular weight excluding hydrogens is 1130 g/mol. The van der Waals surface area contributed by atoms with Crippen LogP contribution in [-0.4, -0.2) is 24.4 Å². The average molecular weight is 1190 g/mol. The molecule has 0 radical (unpaired) electrons. The monoisotopic (exact) mass is 1180 g/mol. The molecule has 12 heteroatoms. The maximum Gasteiger partial charge on any atom is 0.119 e. The highest BCUT2D eigenvalue weighted by molar-refractivity contribution is 7.17. The van der Waals surface area contributed by atoms with E-state index in [0.717, 1.165) is 110 Å². The summed E-state index contributed by atoms with van der Waals surface area (Å²) in [5, 5.41) is 24.9. The Bertz CT molecular complexity index is 3870. The predicted octanol–water partition coefficient (Wildman–Crippen LogP) is 20.4. The van der Waals surface area contributed by atoms with Crippen LogP contribution in [0.25, 0.3) is 22.3 Å². The van der Waals surface area contributed by atoms with Gasteiger partial charge >= 0.3 is 0 Å². The standard InChI is InChI=1S/C73H60N4O4S4/c1-45-7-35-69(82-45)74(51-15-11-49(43-78)12-16-51)55-23-31-61-63-33-25-57(76(71-37-9-47(3)84-71)53-19-27-59(80-5)28-20-53)41-67(63)73(65(61)39-55)66-40-56(75(70-36-8-46(2)83-70)52-17-13-50(44-79)14-18-52)24-32-62(66)64-34-26-58(42-68(64)73)77(72-38-10-48(4)85-72)54-21-29-60(81-6)30-22-54/h7-42,78-79H,43-44H2,1-6H3. The molecule has 8 aromatic carbocycles. The SMILES string of the molecule is COc1ccc(N(c2ccc3c(c2)C2(c4cc(N(c5ccc(CO)cc5)c5ccc(C)s5)ccc4-3)c3cc(N(c4ccc(CO)cc4)c4ccc(C)s4)ccc3-c3ccc(N(c4ccc(OC)cc4)c4ccc(C)s4)cc32)c2ccc(C)s2)cc1. The molecule has 14 rings (SSSR count). The first-order valence-corrected chi connectivity index (χ1v) is 31.5. The van der Waals surface area contributed by atoms with Crippen molar-refractivity contribution in [2.24, 2.45) is 0 Å². The van der Waals surface area contributed by atoms with Crippen LogP contribution in [0.3, 0.4) is 0 Å². The van der Waals surface area contributed by atoms with Gasteiger partial charge in [0, 0.05) is 65.0 Å². The molecule has 8 nitrogen and oxygen atoms in total. The normalized spacial score (nSPS) is 12.4. The zero-order valence-electron chi connectivity index (χ0n) is 47.8. The molecule has 2 aliphatic carbocycles. The van der Waals surface area contributed by atoms with E-state index in [1.165, 1.54) is 41.8 Å². The van der Waals surface area contributed by atoms with Gasteiger partial charge in [0.15, 0.2) is 0 Å². The fourth-order valence-electron chi connectivity index (χ4n) is 12.5. The molecule has 0 amide bonds. The van der Waals surface area contributed by atoms with E-state index in [4.69, 9.17) is 9.47 Å². The van der Waals surface area contributed by atoms with Gasteiger partial charge < -0.3 is 39.3 Å². The first-order valence-electron chi connectivity index (χ1n) is 28.3. The Morgan fingerprint density at radius 1 is 0.306 bits per heavy atom. The largest absolute Gasteiger partial charge is 0.497 e. The molecule has 12 aromatic rings. The second-order valence-corrected chi connectivity index (χ2v) is 26.7. The van der Waals surface area contributed by atoms with Crippen molar-refractivity contribution in [3.05, 3.63) is 271 Å². The highest BCUT2D eigenvalue weighted by Gasteiger charge is 2.53. The summed E-state index contributed by atoms with van der Waals surface area (Å²) < 4.78 is 11.4. The first kappa shape index (κ1) is 54.2. The topological polar surface area (TPSA) is 71.9 Å². The minimum atomic E-state index is -0.906. The van der Waals surface area contributed by atoms with Crippen LogP contribution in [-0.2, 0) is 18.6 Å². The third-order valence-electron chi connectivity index (χ3n) is 16.4. The lowest BCUT2D eigenvalue weighted by Crippen LogP contribution is -2.27. The van der Waals surface area contributed by atoms with Crippen LogP contribution in [0.1, 0.15) is 52.9 Å². The second-order valence-electron chi connectivity index (χ2n) is 21.6. The number of aryl methyl sites for hydroxylation is 4. The molecule has 420 valence electrons. The number of aliphatic hydroxyl groups excluding tert-OH is 2. The smallest absolute Gasteiger partial charge is 0.119 e. The number of hydrogen-bond donors (Lipinski definition) is 2. The Labute approximate surface area is 512 Å². The lowest BCUT2D eigenvalue weighted by Gasteiger charge is -2.34. The second kappa shape index (κ2) is 22.0. The van der Waals surface area contributed by atoms with Gasteiger partial charge in [0.05, 0.1) is 32.8 Å². The molecule has 4 heterocycles. The number of anilines is 12. The summed E-state index contributed by atoms with van der Waals surface area (Å²) in [5.41, 5.74) is 18.3. The van der Waals surface area contributed by atoms with Gasteiger partial charge in [-0.3, -0.25) is 0 Å². The molecule has 85 heavy (non-hydrogen) atoms. The quantitative estimate of drug-likeness (QED) is 0.0992. The number of ether oxygens (including phenoxy) is 2. The Hall–Kier alpha value is -8.72. The molecule has 0 saturated carbocycles. The summed E-state index contributed by atoms with van der Waals surface area (Å²) in [7, 11) is 3.43. The Morgan fingerprint density at radius 3 is 0.753 bits per heavy atom. The van der Waals surface area contributed by atoms with E-state index in [9.17, 15) is 10.2 Å². The van der Waals surface area contributed by atoms with Crippen LogP contribution in [0.4, 0.5) is 65.5 Å². The van der Waals surface area contributed by atoms with Gasteiger partial charge in [-0.05, 0) is 253 Å². The van der Waals surface area contributed by atoms with E-state index >= 15 is 0 Å². The van der Waals surface area contributed by atoms with Crippen LogP contribution in [0.5, 0.6) is 11.5 Å². The Balaban J connectivity index is 1.09. The summed E-state index contributed by atoms with van der Waals surface area (Å²) in [6.07, 6.45) is 0. The summed E-state index contributed by atoms with van der Waals surface area (Å²) in [4.78, 5) is 14.4. The van der Waals surface area contributed by atoms with E-state index in [1.807, 2.05) is 48.5 Å². The maximum absolute atomic E-state index is 10.3. The molecule has 2 aliphatic rings. The minimum Gasteiger partial charge on any atom is -0.497 e. The number of thiophene rings is 4. The predicted molar refractivity (Wildman–Crippen MR) is 357 cm³/mol. The number of methoxy groups -OCH3 is 2. The molecule has 4 aromatic heterocycles. The van der Waals surface area contributed by atoms with Gasteiger partial charge in [0.25, 0.3) is 0 Å². The van der Waals surface area contributed by atoms with Gasteiger partial charge in [-0.25, -0.2) is 0 Å². The maximum atomic E-state index is 10.3. The number of fused-ring (bicyclic) bond motifs is 10. The van der Waals surface area contributed by atoms with Crippen molar-refractivity contribution >= 4 is 111 Å². The van der Waals surface area contributed by atoms with Crippen molar-refractivity contribution in [3.8, 4) is 33.8 Å². The van der Waals surface area contributed by atoms with Gasteiger partial charge in [-0.1, -0.05) is 48.5 Å². The highest BCUT2D eigenvalue weighted by Crippen LogP contribution is 2.66. The summed E-state index contributed by atoms with van der Waals surface area (Å²) >= 11 is 7.08. The fraction of sp³-hybridized carbons (Fsp3) is 0.123. The van der Waals surface area contributed by atoms with Crippen molar-refractivity contribution in [1.82, 2.24) is 0 Å². The van der Waals surface area contributed by atoms with Crippen LogP contribution >= 0.6 is 45.3 Å². The van der Waals surface area contributed by atoms with E-state index in [-0.39, 0.29) is 13.2 Å². The summed E-state index contributed by atoms with van der Waals surface area (Å²) in [6.45, 7) is 8.59. The zero-order chi connectivity index (χ0) is 58.1. The molecular formula is C73H60N4O4S4. The van der Waals surface area contributed by atoms with E-state index in [2.05, 4.69) is 217 Å². The Kier molecular flexibility index (Phi) is 14.1. The zero-order valence-corrected chi connectivity index (χ0v) is 51.1. The number of hydrogen-bond acceptors (Lipinski definition) is 12. The molecule has 0 aliphatic heterocycles. The van der Waals surface area contributed by atoms with Gasteiger partial charge in [-0.15, -0.1) is 45.3 Å². The van der Waals surface area contributed by atoms with Crippen molar-refractivity contribution < 1.29 is 19.7 Å². The number of benzene rings is 8. The van der Waals surface area contributed by atoms with Gasteiger partial charge in [-0.2, -0.15) is 0 Å². The van der Waals surface area contributed by atoms with Crippen LogP contribution in [0.2, 0.25) is 0 Å². The summed E-state index contributed by atoms with van der Waals surface area (Å²) in [6, 6.07) is 79.5. The van der Waals surface area contributed by atoms with Gasteiger partial charge in [0.1, 0.15) is 31.5 Å². The molecule has 0 saturated heterocycles. The van der Waals surface area contributed by atoms with Gasteiger partial charge in [0.2, 0.25) is 0 Å². The number of rotatable bonds is 16. The van der Waals surface area contributed by atoms with Crippen LogP contribution < -0.4 is 29.1 Å². The molecule has 0 unspecified atom stereocenters. The first-order chi connectivity index (χ1) is 41.5. The average Bonchev–Trinajstić information content (AvgIpc) is 1.54. The van der Waals surface area contributed by atoms with Crippen LogP contribution in [0, 0.1) is 27.7 Å². The van der Waals surface area contributed by atoms with E-state index in [0.29, 0.717) is 0 Å². The van der Waals surface area contributed by atoms with Crippen molar-refractivity contribution in [2.75, 3.05) is 33.8 Å². The number of nitrogens with zero attached hydrogens (tertiary/aromatic N) is 4. The molecule has 0 fully saturated rings. The Morgan fingerprint density at radius 2 is 0.541 bits per heavy atom. The lowest BCUT2D eigenvalue weighted by atomic mass is 9.70. The molecule has 2 N–H and O–H groups in total. The van der Waals surface area contributed by atoms with E-state index < -0.39 is 5.41 Å². The minimum absolute atomic E-state index is 0.0374. The molecule has 0 bridgehead atoms. The molecule has 0 atom stereocenters. The van der Waals surface area contributed by atoms with Crippen molar-refractivity contribution in [1.29, 1.82) is 0 Å². The molecule has 1 spiro atoms. The third kappa shape index (κ3) is 9.41. The van der Waals surface area contributed by atoms with Crippen LogP contribution in [0.15, 0.2) is 218 Å². The van der Waals surface area contributed by atoms with Crippen molar-refractivity contribution in [2.45, 2.75) is 46.3 Å². The van der Waals surface area contributed by atoms with Crippen molar-refractivity contribution in [3.63, 3.8) is 0 Å². The fourth-order valence-corrected chi connectivity index (χ4v) is 16.1. The van der Waals surface area contributed by atoms with E-state index in [1.54, 1.807) is 59.6 Å².